The number of tetrazole rings is 1. The number of hydrogen-bond donors (Lipinski definition) is 1. The lowest BCUT2D eigenvalue weighted by Crippen LogP contribution is -2.23. The summed E-state index contributed by atoms with van der Waals surface area (Å²) in [5, 5.41) is 8.89. The first-order chi connectivity index (χ1) is 7.59. The Morgan fingerprint density at radius 3 is 2.75 bits per heavy atom. The first-order valence-electron chi connectivity index (χ1n) is 4.54. The van der Waals surface area contributed by atoms with Crippen molar-refractivity contribution in [3.8, 4) is 0 Å². The minimum Gasteiger partial charge on any atom is -0.244 e. The van der Waals surface area contributed by atoms with Gasteiger partial charge in [-0.3, -0.25) is 0 Å². The molecule has 0 aliphatic heterocycles. The molecule has 0 unspecified atom stereocenters. The minimum atomic E-state index is -0.720. The van der Waals surface area contributed by atoms with E-state index in [1.807, 2.05) is 0 Å². The van der Waals surface area contributed by atoms with E-state index in [0.29, 0.717) is 0 Å². The van der Waals surface area contributed by atoms with E-state index in [0.717, 1.165) is 16.8 Å². The van der Waals surface area contributed by atoms with E-state index in [1.54, 1.807) is 6.92 Å². The molecule has 7 heteroatoms. The predicted octanol–water partition coefficient (Wildman–Crippen LogP) is 0.854. The molecule has 2 rings (SSSR count). The molecule has 1 N–H and O–H groups in total. The maximum Gasteiger partial charge on any atom is 0.361 e. The number of nitrogens with one attached hydrogen (secondary N) is 1. The number of hydrogen-bond acceptors (Lipinski definition) is 3. The van der Waals surface area contributed by atoms with Crippen molar-refractivity contribution in [2.75, 3.05) is 0 Å². The third-order valence-electron chi connectivity index (χ3n) is 2.27. The Hall–Kier alpha value is -2.05. The molecule has 0 amide bonds. The first kappa shape index (κ1) is 10.5. The molecule has 2 aromatic rings. The van der Waals surface area contributed by atoms with Crippen LogP contribution in [-0.2, 0) is 0 Å². The summed E-state index contributed by atoms with van der Waals surface area (Å²) in [7, 11) is 0. The number of H-pyrrole nitrogens is 1. The lowest BCUT2D eigenvalue weighted by molar-refractivity contribution is 0.492. The van der Waals surface area contributed by atoms with Crippen LogP contribution in [-0.4, -0.2) is 20.2 Å². The summed E-state index contributed by atoms with van der Waals surface area (Å²) >= 11 is 0. The molecule has 0 radical (unpaired) electrons. The second-order valence-corrected chi connectivity index (χ2v) is 3.29. The Bertz CT molecular complexity index is 563. The van der Waals surface area contributed by atoms with Gasteiger partial charge in [0.25, 0.3) is 0 Å². The fraction of sp³-hybridized carbons (Fsp3) is 0.222. The highest BCUT2D eigenvalue weighted by Crippen LogP contribution is 2.19. The molecule has 0 spiro atoms. The monoisotopic (exact) mass is 226 g/mol. The van der Waals surface area contributed by atoms with Gasteiger partial charge in [0.05, 0.1) is 6.04 Å². The van der Waals surface area contributed by atoms with Gasteiger partial charge in [0.2, 0.25) is 0 Å². The van der Waals surface area contributed by atoms with Gasteiger partial charge in [-0.2, -0.15) is 4.68 Å². The zero-order valence-corrected chi connectivity index (χ0v) is 8.32. The molecule has 0 saturated carbocycles. The van der Waals surface area contributed by atoms with E-state index in [1.165, 1.54) is 6.07 Å². The van der Waals surface area contributed by atoms with Gasteiger partial charge in [0.15, 0.2) is 0 Å². The van der Waals surface area contributed by atoms with E-state index in [2.05, 4.69) is 15.5 Å². The van der Waals surface area contributed by atoms with Crippen molar-refractivity contribution in [3.63, 3.8) is 0 Å². The quantitative estimate of drug-likeness (QED) is 0.825. The average molecular weight is 226 g/mol. The maximum absolute atomic E-state index is 13.4. The molecule has 0 aliphatic rings. The summed E-state index contributed by atoms with van der Waals surface area (Å²) in [5.74, 6) is -1.39. The maximum atomic E-state index is 13.4. The Balaban J connectivity index is 2.45. The van der Waals surface area contributed by atoms with E-state index >= 15 is 0 Å². The fourth-order valence-corrected chi connectivity index (χ4v) is 1.43. The van der Waals surface area contributed by atoms with Crippen LogP contribution in [0.1, 0.15) is 18.5 Å². The van der Waals surface area contributed by atoms with Gasteiger partial charge in [-0.1, -0.05) is 6.07 Å². The standard InChI is InChI=1S/C9H8F2N4O/c1-5(15-9(16)12-13-14-15)7-3-2-6(10)4-8(7)11/h2-5H,1H3,(H,12,14,16)/t5-/m1/s1. The highest BCUT2D eigenvalue weighted by molar-refractivity contribution is 5.21. The molecule has 16 heavy (non-hydrogen) atoms. The van der Waals surface area contributed by atoms with E-state index in [-0.39, 0.29) is 5.56 Å². The Morgan fingerprint density at radius 1 is 1.44 bits per heavy atom. The van der Waals surface area contributed by atoms with Gasteiger partial charge >= 0.3 is 5.69 Å². The van der Waals surface area contributed by atoms with Crippen LogP contribution in [0.5, 0.6) is 0 Å². The summed E-state index contributed by atoms with van der Waals surface area (Å²) < 4.78 is 27.1. The number of aromatic amines is 1. The first-order valence-corrected chi connectivity index (χ1v) is 4.54. The van der Waals surface area contributed by atoms with Crippen molar-refractivity contribution in [1.82, 2.24) is 20.2 Å². The summed E-state index contributed by atoms with van der Waals surface area (Å²) in [5.41, 5.74) is -0.367. The second kappa shape index (κ2) is 3.84. The number of nitrogens with zero attached hydrogens (tertiary/aromatic N) is 3. The van der Waals surface area contributed by atoms with Crippen molar-refractivity contribution in [1.29, 1.82) is 0 Å². The molecule has 84 valence electrons. The van der Waals surface area contributed by atoms with Crippen LogP contribution in [0.3, 0.4) is 0 Å². The lowest BCUT2D eigenvalue weighted by Gasteiger charge is -2.10. The van der Waals surface area contributed by atoms with Gasteiger partial charge in [0, 0.05) is 11.6 Å². The molecule has 1 aromatic heterocycles. The van der Waals surface area contributed by atoms with Crippen molar-refractivity contribution in [2.45, 2.75) is 13.0 Å². The summed E-state index contributed by atoms with van der Waals surface area (Å²) in [6.45, 7) is 1.57. The summed E-state index contributed by atoms with van der Waals surface area (Å²) in [6, 6.07) is 2.51. The molecule has 0 fully saturated rings. The van der Waals surface area contributed by atoms with Gasteiger partial charge in [-0.25, -0.2) is 18.7 Å². The van der Waals surface area contributed by atoms with E-state index < -0.39 is 23.4 Å². The van der Waals surface area contributed by atoms with Gasteiger partial charge in [-0.05, 0) is 23.4 Å². The lowest BCUT2D eigenvalue weighted by atomic mass is 10.1. The second-order valence-electron chi connectivity index (χ2n) is 3.29. The Labute approximate surface area is 88.7 Å². The van der Waals surface area contributed by atoms with Crippen LogP contribution < -0.4 is 5.69 Å². The van der Waals surface area contributed by atoms with Crippen molar-refractivity contribution in [2.24, 2.45) is 0 Å². The third-order valence-corrected chi connectivity index (χ3v) is 2.27. The van der Waals surface area contributed by atoms with Gasteiger partial charge in [-0.15, -0.1) is 0 Å². The number of aromatic nitrogens is 4. The summed E-state index contributed by atoms with van der Waals surface area (Å²) in [4.78, 5) is 11.2. The normalized spacial score (nSPS) is 12.7. The predicted molar refractivity (Wildman–Crippen MR) is 50.8 cm³/mol. The van der Waals surface area contributed by atoms with Crippen molar-refractivity contribution < 1.29 is 8.78 Å². The summed E-state index contributed by atoms with van der Waals surface area (Å²) in [6.07, 6.45) is 0. The van der Waals surface area contributed by atoms with Crippen LogP contribution in [0.25, 0.3) is 0 Å². The van der Waals surface area contributed by atoms with Crippen molar-refractivity contribution >= 4 is 0 Å². The average Bonchev–Trinajstić information content (AvgIpc) is 2.63. The molecular formula is C9H8F2N4O. The third kappa shape index (κ3) is 1.71. The number of halogens is 2. The Kier molecular flexibility index (Phi) is 2.51. The van der Waals surface area contributed by atoms with E-state index in [9.17, 15) is 13.6 Å². The van der Waals surface area contributed by atoms with Crippen LogP contribution in [0.4, 0.5) is 8.78 Å². The molecule has 1 atom stereocenters. The van der Waals surface area contributed by atoms with Gasteiger partial charge in [0.1, 0.15) is 11.6 Å². The van der Waals surface area contributed by atoms with Gasteiger partial charge < -0.3 is 0 Å². The molecule has 0 saturated heterocycles. The van der Waals surface area contributed by atoms with Crippen LogP contribution in [0, 0.1) is 11.6 Å². The zero-order chi connectivity index (χ0) is 11.7. The molecule has 1 heterocycles. The molecule has 0 bridgehead atoms. The smallest absolute Gasteiger partial charge is 0.244 e. The molecular weight excluding hydrogens is 218 g/mol. The largest absolute Gasteiger partial charge is 0.361 e. The SMILES string of the molecule is C[C@H](c1ccc(F)cc1F)n1nn[nH]c1=O. The molecule has 5 nitrogen and oxygen atoms in total. The van der Waals surface area contributed by atoms with Crippen LogP contribution >= 0.6 is 0 Å². The number of rotatable bonds is 2. The molecule has 0 aliphatic carbocycles. The minimum absolute atomic E-state index is 0.178. The van der Waals surface area contributed by atoms with Crippen LogP contribution in [0.15, 0.2) is 23.0 Å². The fourth-order valence-electron chi connectivity index (χ4n) is 1.43. The highest BCUT2D eigenvalue weighted by atomic mass is 19.1. The van der Waals surface area contributed by atoms with Crippen molar-refractivity contribution in [3.05, 3.63) is 45.9 Å². The molecule has 1 aromatic carbocycles. The van der Waals surface area contributed by atoms with Crippen LogP contribution in [0.2, 0.25) is 0 Å². The Morgan fingerprint density at radius 2 is 2.19 bits per heavy atom. The topological polar surface area (TPSA) is 63.6 Å². The number of benzene rings is 1. The highest BCUT2D eigenvalue weighted by Gasteiger charge is 2.16. The van der Waals surface area contributed by atoms with E-state index in [4.69, 9.17) is 0 Å². The zero-order valence-electron chi connectivity index (χ0n) is 8.32.